The smallest absolute Gasteiger partial charge is 0.193 e. The summed E-state index contributed by atoms with van der Waals surface area (Å²) < 4.78 is 13.3. The van der Waals surface area contributed by atoms with Gasteiger partial charge >= 0.3 is 0 Å². The van der Waals surface area contributed by atoms with Gasteiger partial charge in [-0.15, -0.1) is 0 Å². The Bertz CT molecular complexity index is 629. The first kappa shape index (κ1) is 14.4. The van der Waals surface area contributed by atoms with E-state index in [0.29, 0.717) is 22.6 Å². The lowest BCUT2D eigenvalue weighted by molar-refractivity contribution is 0.103. The zero-order chi connectivity index (χ0) is 14.7. The van der Waals surface area contributed by atoms with Crippen LogP contribution in [0.1, 0.15) is 40.9 Å². The number of hydrogen-bond donors (Lipinski definition) is 0. The Kier molecular flexibility index (Phi) is 4.33. The largest absolute Gasteiger partial charge is 0.289 e. The summed E-state index contributed by atoms with van der Waals surface area (Å²) in [6.45, 7) is 5.97. The van der Waals surface area contributed by atoms with Gasteiger partial charge in [0.25, 0.3) is 0 Å². The molecule has 0 atom stereocenters. The van der Waals surface area contributed by atoms with Crippen LogP contribution in [0, 0.1) is 18.7 Å². The Balaban J connectivity index is 2.30. The second kappa shape index (κ2) is 6.00. The fourth-order valence-corrected chi connectivity index (χ4v) is 2.26. The average Bonchev–Trinajstić information content (AvgIpc) is 2.40. The summed E-state index contributed by atoms with van der Waals surface area (Å²) in [6.07, 6.45) is 0.948. The molecule has 0 saturated heterocycles. The number of carbonyl (C=O) groups excluding carboxylic acids is 1. The van der Waals surface area contributed by atoms with Crippen molar-refractivity contribution in [3.8, 4) is 0 Å². The molecule has 0 radical (unpaired) electrons. The molecule has 0 fully saturated rings. The molecule has 2 aromatic rings. The molecule has 2 heteroatoms. The molecular formula is C18H19FO. The summed E-state index contributed by atoms with van der Waals surface area (Å²) in [4.78, 5) is 12.4. The van der Waals surface area contributed by atoms with Crippen molar-refractivity contribution >= 4 is 5.78 Å². The third kappa shape index (κ3) is 3.32. The minimum absolute atomic E-state index is 0.0568. The van der Waals surface area contributed by atoms with Crippen LogP contribution in [0.5, 0.6) is 0 Å². The van der Waals surface area contributed by atoms with Crippen LogP contribution in [-0.4, -0.2) is 5.78 Å². The summed E-state index contributed by atoms with van der Waals surface area (Å²) in [5.74, 6) is 0.210. The van der Waals surface area contributed by atoms with Gasteiger partial charge in [-0.2, -0.15) is 0 Å². The van der Waals surface area contributed by atoms with E-state index >= 15 is 0 Å². The molecular weight excluding hydrogens is 251 g/mol. The van der Waals surface area contributed by atoms with Crippen LogP contribution in [0.3, 0.4) is 0 Å². The monoisotopic (exact) mass is 270 g/mol. The van der Waals surface area contributed by atoms with Gasteiger partial charge in [0.15, 0.2) is 5.78 Å². The highest BCUT2D eigenvalue weighted by Gasteiger charge is 2.11. The molecule has 0 aromatic heterocycles. The summed E-state index contributed by atoms with van der Waals surface area (Å²) in [5, 5.41) is 0. The average molecular weight is 270 g/mol. The zero-order valence-corrected chi connectivity index (χ0v) is 12.1. The number of aryl methyl sites for hydroxylation is 1. The summed E-state index contributed by atoms with van der Waals surface area (Å²) in [7, 11) is 0. The van der Waals surface area contributed by atoms with Gasteiger partial charge in [-0.25, -0.2) is 4.39 Å². The van der Waals surface area contributed by atoms with Gasteiger partial charge in [0, 0.05) is 11.1 Å². The molecule has 0 amide bonds. The van der Waals surface area contributed by atoms with Crippen molar-refractivity contribution in [2.45, 2.75) is 27.2 Å². The van der Waals surface area contributed by atoms with E-state index in [1.54, 1.807) is 19.1 Å². The van der Waals surface area contributed by atoms with Crippen LogP contribution in [-0.2, 0) is 6.42 Å². The minimum atomic E-state index is -0.282. The molecule has 20 heavy (non-hydrogen) atoms. The highest BCUT2D eigenvalue weighted by molar-refractivity contribution is 6.09. The lowest BCUT2D eigenvalue weighted by Gasteiger charge is -2.08. The van der Waals surface area contributed by atoms with Gasteiger partial charge in [-0.1, -0.05) is 32.0 Å². The van der Waals surface area contributed by atoms with Crippen molar-refractivity contribution in [1.29, 1.82) is 0 Å². The van der Waals surface area contributed by atoms with Crippen LogP contribution in [0.25, 0.3) is 0 Å². The Morgan fingerprint density at radius 1 is 1.10 bits per heavy atom. The molecule has 0 unspecified atom stereocenters. The molecule has 2 aromatic carbocycles. The molecule has 0 aliphatic rings. The summed E-state index contributed by atoms with van der Waals surface area (Å²) >= 11 is 0. The van der Waals surface area contributed by atoms with Crippen LogP contribution in [0.15, 0.2) is 42.5 Å². The highest BCUT2D eigenvalue weighted by Crippen LogP contribution is 2.16. The van der Waals surface area contributed by atoms with Gasteiger partial charge in [-0.3, -0.25) is 4.79 Å². The first-order chi connectivity index (χ1) is 9.47. The van der Waals surface area contributed by atoms with E-state index in [1.165, 1.54) is 6.07 Å². The zero-order valence-electron chi connectivity index (χ0n) is 12.1. The number of ketones is 1. The van der Waals surface area contributed by atoms with E-state index in [2.05, 4.69) is 13.8 Å². The van der Waals surface area contributed by atoms with Gasteiger partial charge in [-0.05, 0) is 54.7 Å². The van der Waals surface area contributed by atoms with Crippen LogP contribution >= 0.6 is 0 Å². The molecule has 2 rings (SSSR count). The van der Waals surface area contributed by atoms with Gasteiger partial charge < -0.3 is 0 Å². The van der Waals surface area contributed by atoms with Crippen molar-refractivity contribution in [1.82, 2.24) is 0 Å². The van der Waals surface area contributed by atoms with E-state index in [1.807, 2.05) is 24.3 Å². The number of hydrogen-bond acceptors (Lipinski definition) is 1. The van der Waals surface area contributed by atoms with Crippen molar-refractivity contribution in [2.75, 3.05) is 0 Å². The molecule has 0 aliphatic heterocycles. The number of halogens is 1. The normalized spacial score (nSPS) is 10.8. The van der Waals surface area contributed by atoms with E-state index in [9.17, 15) is 9.18 Å². The highest BCUT2D eigenvalue weighted by atomic mass is 19.1. The molecule has 0 spiro atoms. The molecule has 0 bridgehead atoms. The molecule has 0 N–H and O–H groups in total. The molecule has 0 saturated carbocycles. The van der Waals surface area contributed by atoms with Crippen molar-refractivity contribution in [2.24, 2.45) is 5.92 Å². The third-order valence-corrected chi connectivity index (χ3v) is 3.25. The predicted molar refractivity (Wildman–Crippen MR) is 79.6 cm³/mol. The second-order valence-corrected chi connectivity index (χ2v) is 5.59. The van der Waals surface area contributed by atoms with Crippen molar-refractivity contribution in [3.05, 3.63) is 70.5 Å². The first-order valence-electron chi connectivity index (χ1n) is 6.87. The van der Waals surface area contributed by atoms with Gasteiger partial charge in [0.2, 0.25) is 0 Å². The number of benzene rings is 2. The van der Waals surface area contributed by atoms with Gasteiger partial charge in [0.05, 0.1) is 0 Å². The Morgan fingerprint density at radius 2 is 1.80 bits per heavy atom. The molecule has 1 nitrogen and oxygen atoms in total. The standard InChI is InChI=1S/C18H19FO/c1-12(2)9-14-5-4-6-15(11-14)18(20)16-7-8-17(19)13(3)10-16/h4-8,10-12H,9H2,1-3H3. The summed E-state index contributed by atoms with van der Waals surface area (Å²) in [6, 6.07) is 12.2. The second-order valence-electron chi connectivity index (χ2n) is 5.59. The lowest BCUT2D eigenvalue weighted by Crippen LogP contribution is -2.04. The topological polar surface area (TPSA) is 17.1 Å². The Labute approximate surface area is 119 Å². The third-order valence-electron chi connectivity index (χ3n) is 3.25. The van der Waals surface area contributed by atoms with E-state index < -0.39 is 0 Å². The van der Waals surface area contributed by atoms with Crippen LogP contribution in [0.4, 0.5) is 4.39 Å². The minimum Gasteiger partial charge on any atom is -0.289 e. The molecule has 104 valence electrons. The van der Waals surface area contributed by atoms with E-state index in [-0.39, 0.29) is 11.6 Å². The van der Waals surface area contributed by atoms with Crippen LogP contribution < -0.4 is 0 Å². The molecule has 0 aliphatic carbocycles. The first-order valence-corrected chi connectivity index (χ1v) is 6.87. The Morgan fingerprint density at radius 3 is 2.45 bits per heavy atom. The van der Waals surface area contributed by atoms with Crippen molar-refractivity contribution in [3.63, 3.8) is 0 Å². The van der Waals surface area contributed by atoms with E-state index in [4.69, 9.17) is 0 Å². The maximum absolute atomic E-state index is 13.3. The van der Waals surface area contributed by atoms with E-state index in [0.717, 1.165) is 12.0 Å². The number of carbonyl (C=O) groups is 1. The number of rotatable bonds is 4. The SMILES string of the molecule is Cc1cc(C(=O)c2cccc(CC(C)C)c2)ccc1F. The molecule has 0 heterocycles. The summed E-state index contributed by atoms with van der Waals surface area (Å²) in [5.41, 5.74) is 2.85. The van der Waals surface area contributed by atoms with Crippen LogP contribution in [0.2, 0.25) is 0 Å². The lowest BCUT2D eigenvalue weighted by atomic mass is 9.97. The maximum Gasteiger partial charge on any atom is 0.193 e. The maximum atomic E-state index is 13.3. The van der Waals surface area contributed by atoms with Crippen molar-refractivity contribution < 1.29 is 9.18 Å². The quantitative estimate of drug-likeness (QED) is 0.744. The van der Waals surface area contributed by atoms with Gasteiger partial charge in [0.1, 0.15) is 5.82 Å². The predicted octanol–water partition coefficient (Wildman–Crippen LogP) is 4.56. The fraction of sp³-hybridized carbons (Fsp3) is 0.278. The fourth-order valence-electron chi connectivity index (χ4n) is 2.26. The Hall–Kier alpha value is -1.96.